The van der Waals surface area contributed by atoms with Crippen molar-refractivity contribution in [2.24, 2.45) is 0 Å². The second-order valence-electron chi connectivity index (χ2n) is 5.35. The number of aromatic amines is 1. The number of aromatic nitrogens is 2. The summed E-state index contributed by atoms with van der Waals surface area (Å²) in [5, 5.41) is 9.28. The number of benzene rings is 1. The predicted octanol–water partition coefficient (Wildman–Crippen LogP) is 1.36. The molecule has 21 heavy (non-hydrogen) atoms. The van der Waals surface area contributed by atoms with Crippen LogP contribution in [0.3, 0.4) is 0 Å². The lowest BCUT2D eigenvalue weighted by Crippen LogP contribution is -2.45. The second-order valence-corrected chi connectivity index (χ2v) is 5.35. The minimum Gasteiger partial charge on any atom is -0.480 e. The van der Waals surface area contributed by atoms with Crippen LogP contribution in [0.25, 0.3) is 11.0 Å². The van der Waals surface area contributed by atoms with Gasteiger partial charge in [0.1, 0.15) is 11.7 Å². The second kappa shape index (κ2) is 5.65. The van der Waals surface area contributed by atoms with Crippen LogP contribution < -0.4 is 5.56 Å². The third-order valence-corrected chi connectivity index (χ3v) is 3.92. The molecule has 2 aromatic rings. The van der Waals surface area contributed by atoms with Gasteiger partial charge in [-0.15, -0.1) is 0 Å². The lowest BCUT2D eigenvalue weighted by Gasteiger charge is -2.32. The molecular formula is C15H17N3O3. The zero-order valence-electron chi connectivity index (χ0n) is 11.6. The number of rotatable bonds is 3. The molecule has 1 saturated heterocycles. The van der Waals surface area contributed by atoms with E-state index in [9.17, 15) is 14.7 Å². The zero-order valence-corrected chi connectivity index (χ0v) is 11.6. The third-order valence-electron chi connectivity index (χ3n) is 3.92. The van der Waals surface area contributed by atoms with E-state index in [1.54, 1.807) is 6.07 Å². The van der Waals surface area contributed by atoms with Crippen molar-refractivity contribution >= 4 is 17.0 Å². The van der Waals surface area contributed by atoms with Gasteiger partial charge in [0.05, 0.1) is 11.0 Å². The van der Waals surface area contributed by atoms with Crippen LogP contribution in [0.15, 0.2) is 29.1 Å². The number of carbonyl (C=O) groups is 1. The maximum atomic E-state index is 12.1. The minimum atomic E-state index is -0.827. The summed E-state index contributed by atoms with van der Waals surface area (Å²) in [6.07, 6.45) is 2.49. The Balaban J connectivity index is 1.91. The predicted molar refractivity (Wildman–Crippen MR) is 78.0 cm³/mol. The van der Waals surface area contributed by atoms with E-state index in [4.69, 9.17) is 0 Å². The molecule has 1 aliphatic heterocycles. The number of para-hydroxylation sites is 2. The summed E-state index contributed by atoms with van der Waals surface area (Å²) in [6.45, 7) is 0.960. The van der Waals surface area contributed by atoms with Gasteiger partial charge in [-0.3, -0.25) is 14.5 Å². The summed E-state index contributed by atoms with van der Waals surface area (Å²) in [5.41, 5.74) is 1.54. The minimum absolute atomic E-state index is 0.247. The molecule has 0 spiro atoms. The Labute approximate surface area is 121 Å². The number of fused-ring (bicyclic) bond motifs is 1. The Morgan fingerprint density at radius 3 is 3.00 bits per heavy atom. The molecule has 1 aromatic carbocycles. The van der Waals surface area contributed by atoms with E-state index in [1.165, 1.54) is 0 Å². The fourth-order valence-electron chi connectivity index (χ4n) is 2.83. The Morgan fingerprint density at radius 1 is 1.38 bits per heavy atom. The van der Waals surface area contributed by atoms with E-state index in [-0.39, 0.29) is 12.1 Å². The van der Waals surface area contributed by atoms with Crippen LogP contribution in [0.1, 0.15) is 25.0 Å². The monoisotopic (exact) mass is 287 g/mol. The molecule has 3 rings (SSSR count). The number of hydrogen-bond acceptors (Lipinski definition) is 4. The van der Waals surface area contributed by atoms with Crippen LogP contribution in [-0.2, 0) is 11.3 Å². The number of H-pyrrole nitrogens is 1. The van der Waals surface area contributed by atoms with Gasteiger partial charge in [0.15, 0.2) is 0 Å². The molecule has 6 nitrogen and oxygen atoms in total. The van der Waals surface area contributed by atoms with Crippen molar-refractivity contribution in [3.63, 3.8) is 0 Å². The quantitative estimate of drug-likeness (QED) is 0.890. The van der Waals surface area contributed by atoms with Crippen molar-refractivity contribution in [3.05, 3.63) is 40.3 Å². The molecule has 0 bridgehead atoms. The van der Waals surface area contributed by atoms with Gasteiger partial charge >= 0.3 is 5.97 Å². The molecule has 1 aliphatic rings. The fraction of sp³-hybridized carbons (Fsp3) is 0.400. The van der Waals surface area contributed by atoms with Gasteiger partial charge in [-0.1, -0.05) is 18.6 Å². The Bertz CT molecular complexity index is 725. The highest BCUT2D eigenvalue weighted by molar-refractivity contribution is 5.74. The van der Waals surface area contributed by atoms with Crippen molar-refractivity contribution in [2.45, 2.75) is 31.8 Å². The normalized spacial score (nSPS) is 19.7. The molecule has 1 fully saturated rings. The van der Waals surface area contributed by atoms with Gasteiger partial charge in [0.25, 0.3) is 5.56 Å². The number of likely N-dealkylation sites (tertiary alicyclic amines) is 1. The average molecular weight is 287 g/mol. The summed E-state index contributed by atoms with van der Waals surface area (Å²) in [4.78, 5) is 32.4. The number of nitrogens with zero attached hydrogens (tertiary/aromatic N) is 2. The van der Waals surface area contributed by atoms with Crippen LogP contribution in [-0.4, -0.2) is 38.5 Å². The Hall–Kier alpha value is -2.21. The van der Waals surface area contributed by atoms with Crippen molar-refractivity contribution in [2.75, 3.05) is 6.54 Å². The van der Waals surface area contributed by atoms with E-state index < -0.39 is 12.0 Å². The van der Waals surface area contributed by atoms with Gasteiger partial charge in [0.2, 0.25) is 0 Å². The van der Waals surface area contributed by atoms with Gasteiger partial charge in [-0.2, -0.15) is 0 Å². The molecule has 0 amide bonds. The number of carboxylic acid groups (broad SMARTS) is 1. The summed E-state index contributed by atoms with van der Waals surface area (Å²) in [6, 6.07) is 6.81. The first-order valence-electron chi connectivity index (χ1n) is 7.10. The van der Waals surface area contributed by atoms with Gasteiger partial charge < -0.3 is 10.1 Å². The molecule has 0 saturated carbocycles. The maximum absolute atomic E-state index is 12.1. The van der Waals surface area contributed by atoms with E-state index in [0.717, 1.165) is 18.4 Å². The molecule has 1 unspecified atom stereocenters. The molecule has 110 valence electrons. The average Bonchev–Trinajstić information content (AvgIpc) is 2.48. The van der Waals surface area contributed by atoms with Crippen LogP contribution in [0.5, 0.6) is 0 Å². The Kier molecular flexibility index (Phi) is 3.70. The summed E-state index contributed by atoms with van der Waals surface area (Å²) >= 11 is 0. The van der Waals surface area contributed by atoms with Crippen LogP contribution in [0.4, 0.5) is 0 Å². The maximum Gasteiger partial charge on any atom is 0.320 e. The highest BCUT2D eigenvalue weighted by atomic mass is 16.4. The summed E-state index contributed by atoms with van der Waals surface area (Å²) < 4.78 is 0. The number of piperidine rings is 1. The third kappa shape index (κ3) is 2.80. The lowest BCUT2D eigenvalue weighted by atomic mass is 10.0. The molecule has 0 aliphatic carbocycles. The molecule has 2 N–H and O–H groups in total. The molecule has 1 aromatic heterocycles. The number of aliphatic carboxylic acids is 1. The van der Waals surface area contributed by atoms with E-state index in [1.807, 2.05) is 23.1 Å². The zero-order chi connectivity index (χ0) is 14.8. The topological polar surface area (TPSA) is 86.3 Å². The summed E-state index contributed by atoms with van der Waals surface area (Å²) in [7, 11) is 0. The molecular weight excluding hydrogens is 270 g/mol. The lowest BCUT2D eigenvalue weighted by molar-refractivity contribution is -0.144. The molecule has 1 atom stereocenters. The van der Waals surface area contributed by atoms with Crippen molar-refractivity contribution < 1.29 is 9.90 Å². The van der Waals surface area contributed by atoms with Gasteiger partial charge in [-0.05, 0) is 31.5 Å². The first-order valence-corrected chi connectivity index (χ1v) is 7.10. The standard InChI is InChI=1S/C15H17N3O3/c19-14-12(16-10-5-1-2-6-11(10)17-14)9-18-8-4-3-7-13(18)15(20)21/h1-2,5-6,13H,3-4,7-9H2,(H,17,19)(H,20,21). The SMILES string of the molecule is O=C(O)C1CCCCN1Cc1nc2ccccc2[nH]c1=O. The van der Waals surface area contributed by atoms with Crippen molar-refractivity contribution in [3.8, 4) is 0 Å². The van der Waals surface area contributed by atoms with E-state index in [0.29, 0.717) is 24.2 Å². The van der Waals surface area contributed by atoms with E-state index in [2.05, 4.69) is 9.97 Å². The smallest absolute Gasteiger partial charge is 0.320 e. The van der Waals surface area contributed by atoms with Crippen molar-refractivity contribution in [1.82, 2.24) is 14.9 Å². The highest BCUT2D eigenvalue weighted by Gasteiger charge is 2.29. The highest BCUT2D eigenvalue weighted by Crippen LogP contribution is 2.19. The number of carboxylic acids is 1. The van der Waals surface area contributed by atoms with E-state index >= 15 is 0 Å². The first kappa shape index (κ1) is 13.8. The number of nitrogens with one attached hydrogen (secondary N) is 1. The van der Waals surface area contributed by atoms with Crippen LogP contribution in [0.2, 0.25) is 0 Å². The van der Waals surface area contributed by atoms with Crippen LogP contribution >= 0.6 is 0 Å². The first-order chi connectivity index (χ1) is 10.1. The molecule has 2 heterocycles. The Morgan fingerprint density at radius 2 is 2.19 bits per heavy atom. The summed E-state index contributed by atoms with van der Waals surface area (Å²) in [5.74, 6) is -0.827. The largest absolute Gasteiger partial charge is 0.480 e. The molecule has 6 heteroatoms. The number of hydrogen-bond donors (Lipinski definition) is 2. The van der Waals surface area contributed by atoms with Crippen molar-refractivity contribution in [1.29, 1.82) is 0 Å². The molecule has 0 radical (unpaired) electrons. The van der Waals surface area contributed by atoms with Crippen LogP contribution in [0, 0.1) is 0 Å². The van der Waals surface area contributed by atoms with Gasteiger partial charge in [-0.25, -0.2) is 4.98 Å². The fourth-order valence-corrected chi connectivity index (χ4v) is 2.83. The van der Waals surface area contributed by atoms with Gasteiger partial charge in [0, 0.05) is 6.54 Å².